The number of fused-ring (bicyclic) bond motifs is 1. The molecule has 0 aliphatic carbocycles. The summed E-state index contributed by atoms with van der Waals surface area (Å²) in [5.74, 6) is 0.0203. The molecule has 1 aromatic heterocycles. The van der Waals surface area contributed by atoms with Crippen molar-refractivity contribution in [3.05, 3.63) is 35.7 Å². The first-order valence-corrected chi connectivity index (χ1v) is 6.55. The molecule has 2 aromatic rings. The van der Waals surface area contributed by atoms with Gasteiger partial charge in [0.15, 0.2) is 0 Å². The molecule has 0 unspecified atom stereocenters. The lowest BCUT2D eigenvalue weighted by molar-refractivity contribution is -0.115. The van der Waals surface area contributed by atoms with E-state index in [1.54, 1.807) is 4.68 Å². The highest BCUT2D eigenvalue weighted by Gasteiger charge is 2.19. The fourth-order valence-electron chi connectivity index (χ4n) is 2.39. The van der Waals surface area contributed by atoms with Crippen molar-refractivity contribution in [3.8, 4) is 0 Å². The summed E-state index contributed by atoms with van der Waals surface area (Å²) in [5, 5.41) is 10.3. The number of carbonyl (C=O) groups excluding carboxylic acids is 1. The first-order valence-electron chi connectivity index (χ1n) is 6.55. The predicted molar refractivity (Wildman–Crippen MR) is 78.6 cm³/mol. The maximum absolute atomic E-state index is 11.3. The molecule has 0 radical (unpaired) electrons. The highest BCUT2D eigenvalue weighted by Crippen LogP contribution is 2.31. The molecule has 1 aliphatic heterocycles. The van der Waals surface area contributed by atoms with Crippen LogP contribution < -0.4 is 16.4 Å². The average molecular weight is 271 g/mol. The Hall–Kier alpha value is -2.50. The molecule has 3 rings (SSSR count). The summed E-state index contributed by atoms with van der Waals surface area (Å²) in [6.07, 6.45) is 5.13. The summed E-state index contributed by atoms with van der Waals surface area (Å²) < 4.78 is 1.79. The van der Waals surface area contributed by atoms with Crippen molar-refractivity contribution in [1.29, 1.82) is 0 Å². The largest absolute Gasteiger partial charge is 0.397 e. The number of anilines is 3. The van der Waals surface area contributed by atoms with Crippen LogP contribution in [0.25, 0.3) is 0 Å². The second-order valence-electron chi connectivity index (χ2n) is 5.02. The summed E-state index contributed by atoms with van der Waals surface area (Å²) >= 11 is 0. The van der Waals surface area contributed by atoms with Gasteiger partial charge >= 0.3 is 0 Å². The van der Waals surface area contributed by atoms with E-state index in [1.165, 1.54) is 5.56 Å². The number of hydrogen-bond donors (Lipinski definition) is 3. The number of hydrogen-bond acceptors (Lipinski definition) is 4. The lowest BCUT2D eigenvalue weighted by Crippen LogP contribution is -2.07. The first kappa shape index (κ1) is 12.5. The number of nitrogens with zero attached hydrogens (tertiary/aromatic N) is 2. The zero-order valence-electron chi connectivity index (χ0n) is 11.3. The number of aromatic nitrogens is 2. The van der Waals surface area contributed by atoms with Gasteiger partial charge in [-0.05, 0) is 29.7 Å². The smallest absolute Gasteiger partial charge is 0.228 e. The van der Waals surface area contributed by atoms with Crippen LogP contribution >= 0.6 is 0 Å². The third-order valence-electron chi connectivity index (χ3n) is 3.39. The van der Waals surface area contributed by atoms with Gasteiger partial charge in [-0.2, -0.15) is 5.10 Å². The maximum Gasteiger partial charge on any atom is 0.228 e. The van der Waals surface area contributed by atoms with Crippen LogP contribution in [0, 0.1) is 0 Å². The van der Waals surface area contributed by atoms with Crippen molar-refractivity contribution in [3.63, 3.8) is 0 Å². The molecule has 1 aliphatic rings. The second kappa shape index (κ2) is 4.88. The third-order valence-corrected chi connectivity index (χ3v) is 3.39. The molecule has 0 spiro atoms. The Kier molecular flexibility index (Phi) is 3.06. The van der Waals surface area contributed by atoms with E-state index >= 15 is 0 Å². The number of aryl methyl sites for hydroxylation is 1. The summed E-state index contributed by atoms with van der Waals surface area (Å²) in [7, 11) is 1.90. The number of carbonyl (C=O) groups is 1. The molecule has 6 heteroatoms. The summed E-state index contributed by atoms with van der Waals surface area (Å²) in [6.45, 7) is 0.766. The van der Waals surface area contributed by atoms with E-state index in [1.807, 2.05) is 31.6 Å². The van der Waals surface area contributed by atoms with Crippen molar-refractivity contribution in [2.24, 2.45) is 7.05 Å². The van der Waals surface area contributed by atoms with Crippen LogP contribution in [0.3, 0.4) is 0 Å². The number of amides is 1. The fourth-order valence-corrected chi connectivity index (χ4v) is 2.39. The lowest BCUT2D eigenvalue weighted by Gasteiger charge is -2.11. The second-order valence-corrected chi connectivity index (χ2v) is 5.02. The molecule has 20 heavy (non-hydrogen) atoms. The molecule has 0 atom stereocenters. The van der Waals surface area contributed by atoms with Crippen LogP contribution in [0.5, 0.6) is 0 Å². The van der Waals surface area contributed by atoms with E-state index < -0.39 is 0 Å². The number of rotatable bonds is 4. The first-order chi connectivity index (χ1) is 9.61. The average Bonchev–Trinajstić information content (AvgIpc) is 2.95. The molecule has 2 heterocycles. The molecule has 0 fully saturated rings. The van der Waals surface area contributed by atoms with E-state index in [4.69, 9.17) is 5.73 Å². The Morgan fingerprint density at radius 1 is 1.50 bits per heavy atom. The zero-order chi connectivity index (χ0) is 14.1. The summed E-state index contributed by atoms with van der Waals surface area (Å²) in [4.78, 5) is 11.3. The molecule has 1 amide bonds. The quantitative estimate of drug-likeness (QED) is 0.728. The number of benzene rings is 1. The van der Waals surface area contributed by atoms with Gasteiger partial charge in [0.25, 0.3) is 0 Å². The third kappa shape index (κ3) is 2.45. The van der Waals surface area contributed by atoms with Crippen LogP contribution in [0.1, 0.15) is 11.1 Å². The number of nitrogens with two attached hydrogens (primary N) is 1. The van der Waals surface area contributed by atoms with Gasteiger partial charge in [-0.15, -0.1) is 0 Å². The normalized spacial score (nSPS) is 13.2. The monoisotopic (exact) mass is 271 g/mol. The zero-order valence-corrected chi connectivity index (χ0v) is 11.3. The Labute approximate surface area is 117 Å². The van der Waals surface area contributed by atoms with Crippen molar-refractivity contribution in [1.82, 2.24) is 9.78 Å². The highest BCUT2D eigenvalue weighted by molar-refractivity contribution is 6.00. The molecule has 1 aromatic carbocycles. The van der Waals surface area contributed by atoms with Crippen molar-refractivity contribution < 1.29 is 4.79 Å². The van der Waals surface area contributed by atoms with Gasteiger partial charge in [0.1, 0.15) is 0 Å². The SMILES string of the molecule is Cn1cc(CCNc2cc3c(cc2N)CC(=O)N3)cn1. The Bertz CT molecular complexity index is 662. The fraction of sp³-hybridized carbons (Fsp3) is 0.286. The van der Waals surface area contributed by atoms with E-state index in [0.717, 1.165) is 29.9 Å². The molecule has 0 saturated heterocycles. The summed E-state index contributed by atoms with van der Waals surface area (Å²) in [5.41, 5.74) is 10.5. The van der Waals surface area contributed by atoms with Crippen LogP contribution in [0.15, 0.2) is 24.5 Å². The van der Waals surface area contributed by atoms with Crippen LogP contribution in [-0.2, 0) is 24.7 Å². The molecule has 104 valence electrons. The van der Waals surface area contributed by atoms with Gasteiger partial charge in [0, 0.05) is 25.5 Å². The highest BCUT2D eigenvalue weighted by atomic mass is 16.1. The molecule has 0 saturated carbocycles. The maximum atomic E-state index is 11.3. The molecule has 6 nitrogen and oxygen atoms in total. The molecule has 4 N–H and O–H groups in total. The number of nitrogens with one attached hydrogen (secondary N) is 2. The predicted octanol–water partition coefficient (Wildman–Crippen LogP) is 1.15. The van der Waals surface area contributed by atoms with Gasteiger partial charge < -0.3 is 16.4 Å². The Morgan fingerprint density at radius 3 is 3.10 bits per heavy atom. The molecular formula is C14H17N5O. The Balaban J connectivity index is 1.66. The van der Waals surface area contributed by atoms with E-state index in [0.29, 0.717) is 12.1 Å². The topological polar surface area (TPSA) is 85.0 Å². The minimum atomic E-state index is 0.0203. The minimum absolute atomic E-state index is 0.0203. The van der Waals surface area contributed by atoms with Crippen LogP contribution in [0.2, 0.25) is 0 Å². The summed E-state index contributed by atoms with van der Waals surface area (Å²) in [6, 6.07) is 3.76. The van der Waals surface area contributed by atoms with Gasteiger partial charge in [-0.3, -0.25) is 9.48 Å². The minimum Gasteiger partial charge on any atom is -0.397 e. The van der Waals surface area contributed by atoms with Crippen molar-refractivity contribution in [2.45, 2.75) is 12.8 Å². The van der Waals surface area contributed by atoms with Gasteiger partial charge in [0.2, 0.25) is 5.91 Å². The molecule has 0 bridgehead atoms. The van der Waals surface area contributed by atoms with Crippen LogP contribution in [0.4, 0.5) is 17.1 Å². The van der Waals surface area contributed by atoms with Gasteiger partial charge in [-0.25, -0.2) is 0 Å². The standard InChI is InChI=1S/C14H17N5O/c1-19-8-9(7-17-19)2-3-16-13-6-12-10(4-11(13)15)5-14(20)18-12/h4,6-8,16H,2-3,5,15H2,1H3,(H,18,20). The van der Waals surface area contributed by atoms with Gasteiger partial charge in [0.05, 0.1) is 24.0 Å². The van der Waals surface area contributed by atoms with Crippen molar-refractivity contribution in [2.75, 3.05) is 22.9 Å². The van der Waals surface area contributed by atoms with E-state index in [9.17, 15) is 4.79 Å². The van der Waals surface area contributed by atoms with Gasteiger partial charge in [-0.1, -0.05) is 0 Å². The lowest BCUT2D eigenvalue weighted by atomic mass is 10.1. The Morgan fingerprint density at radius 2 is 2.35 bits per heavy atom. The van der Waals surface area contributed by atoms with Crippen LogP contribution in [-0.4, -0.2) is 22.2 Å². The van der Waals surface area contributed by atoms with E-state index in [-0.39, 0.29) is 5.91 Å². The number of nitrogen functional groups attached to an aromatic ring is 1. The van der Waals surface area contributed by atoms with Crippen molar-refractivity contribution >= 4 is 23.0 Å². The molecular weight excluding hydrogens is 254 g/mol. The van der Waals surface area contributed by atoms with E-state index in [2.05, 4.69) is 15.7 Å².